The molecule has 0 spiro atoms. The lowest BCUT2D eigenvalue weighted by Crippen LogP contribution is -2.50. The van der Waals surface area contributed by atoms with Gasteiger partial charge >= 0.3 is 6.09 Å². The normalized spacial score (nSPS) is 19.7. The zero-order chi connectivity index (χ0) is 13.8. The van der Waals surface area contributed by atoms with Crippen molar-refractivity contribution >= 4 is 6.09 Å². The smallest absolute Gasteiger partial charge is 0.410 e. The van der Waals surface area contributed by atoms with Crippen LogP contribution in [0.5, 0.6) is 0 Å². The minimum absolute atomic E-state index is 0.224. The highest BCUT2D eigenvalue weighted by molar-refractivity contribution is 5.68. The molecule has 1 aliphatic rings. The second-order valence-corrected chi connectivity index (χ2v) is 5.95. The van der Waals surface area contributed by atoms with Crippen molar-refractivity contribution in [2.45, 2.75) is 45.8 Å². The Bertz CT molecular complexity index is 266. The van der Waals surface area contributed by atoms with Crippen LogP contribution in [0.15, 0.2) is 0 Å². The molecule has 5 heteroatoms. The maximum Gasteiger partial charge on any atom is 0.410 e. The monoisotopic (exact) mass is 258 g/mol. The zero-order valence-corrected chi connectivity index (χ0v) is 12.0. The summed E-state index contributed by atoms with van der Waals surface area (Å²) >= 11 is 0. The molecule has 0 radical (unpaired) electrons. The highest BCUT2D eigenvalue weighted by Gasteiger charge is 2.25. The van der Waals surface area contributed by atoms with Crippen LogP contribution in [0.1, 0.15) is 34.1 Å². The van der Waals surface area contributed by atoms with Crippen molar-refractivity contribution in [2.75, 3.05) is 32.7 Å². The summed E-state index contributed by atoms with van der Waals surface area (Å²) < 4.78 is 5.34. The lowest BCUT2D eigenvalue weighted by Gasteiger charge is -2.35. The summed E-state index contributed by atoms with van der Waals surface area (Å²) in [6.45, 7) is 11.4. The van der Waals surface area contributed by atoms with Gasteiger partial charge in [-0.15, -0.1) is 0 Å². The SMILES string of the molecule is C[C@@H](O)CCN1CCN(C(=O)OC(C)(C)C)CC1. The molecule has 18 heavy (non-hydrogen) atoms. The van der Waals surface area contributed by atoms with Crippen LogP contribution in [0.25, 0.3) is 0 Å². The van der Waals surface area contributed by atoms with Gasteiger partial charge in [-0.2, -0.15) is 0 Å². The molecule has 1 aliphatic heterocycles. The van der Waals surface area contributed by atoms with E-state index in [1.165, 1.54) is 0 Å². The second kappa shape index (κ2) is 6.38. The third kappa shape index (κ3) is 5.69. The Morgan fingerprint density at radius 1 is 1.28 bits per heavy atom. The quantitative estimate of drug-likeness (QED) is 0.829. The summed E-state index contributed by atoms with van der Waals surface area (Å²) in [5.74, 6) is 0. The van der Waals surface area contributed by atoms with E-state index in [0.717, 1.165) is 26.1 Å². The average Bonchev–Trinajstić information content (AvgIpc) is 2.24. The van der Waals surface area contributed by atoms with Gasteiger partial charge in [0, 0.05) is 32.7 Å². The van der Waals surface area contributed by atoms with E-state index in [1.54, 1.807) is 11.8 Å². The van der Waals surface area contributed by atoms with E-state index < -0.39 is 5.60 Å². The summed E-state index contributed by atoms with van der Waals surface area (Å²) in [5, 5.41) is 9.24. The molecule has 0 aromatic rings. The van der Waals surface area contributed by atoms with Crippen molar-refractivity contribution in [2.24, 2.45) is 0 Å². The molecule has 0 aromatic carbocycles. The molecule has 106 valence electrons. The van der Waals surface area contributed by atoms with E-state index in [0.29, 0.717) is 13.1 Å². The second-order valence-electron chi connectivity index (χ2n) is 5.95. The lowest BCUT2D eigenvalue weighted by atomic mass is 10.2. The Morgan fingerprint density at radius 3 is 2.28 bits per heavy atom. The molecule has 1 amide bonds. The molecule has 0 unspecified atom stereocenters. The Hall–Kier alpha value is -0.810. The zero-order valence-electron chi connectivity index (χ0n) is 12.0. The number of ether oxygens (including phenoxy) is 1. The molecule has 1 heterocycles. The number of piperazine rings is 1. The van der Waals surface area contributed by atoms with Crippen LogP contribution in [-0.2, 0) is 4.74 Å². The van der Waals surface area contributed by atoms with Crippen LogP contribution >= 0.6 is 0 Å². The van der Waals surface area contributed by atoms with Gasteiger partial charge < -0.3 is 14.7 Å². The molecule has 1 atom stereocenters. The standard InChI is InChI=1S/C13H26N2O3/c1-11(16)5-6-14-7-9-15(10-8-14)12(17)18-13(2,3)4/h11,16H,5-10H2,1-4H3/t11-/m1/s1. The number of rotatable bonds is 3. The maximum absolute atomic E-state index is 11.8. The fourth-order valence-corrected chi connectivity index (χ4v) is 1.85. The third-order valence-electron chi connectivity index (χ3n) is 2.89. The number of amides is 1. The highest BCUT2D eigenvalue weighted by Crippen LogP contribution is 2.12. The van der Waals surface area contributed by atoms with E-state index >= 15 is 0 Å². The van der Waals surface area contributed by atoms with Crippen molar-refractivity contribution in [3.63, 3.8) is 0 Å². The molecule has 1 rings (SSSR count). The van der Waals surface area contributed by atoms with Gasteiger partial charge in [-0.05, 0) is 34.1 Å². The maximum atomic E-state index is 11.8. The predicted molar refractivity (Wildman–Crippen MR) is 70.5 cm³/mol. The molecule has 0 aromatic heterocycles. The number of hydrogen-bond donors (Lipinski definition) is 1. The van der Waals surface area contributed by atoms with Gasteiger partial charge in [0.25, 0.3) is 0 Å². The molecule has 1 saturated heterocycles. The molecule has 5 nitrogen and oxygen atoms in total. The van der Waals surface area contributed by atoms with Gasteiger partial charge in [-0.1, -0.05) is 0 Å². The largest absolute Gasteiger partial charge is 0.444 e. The number of aliphatic hydroxyl groups excluding tert-OH is 1. The highest BCUT2D eigenvalue weighted by atomic mass is 16.6. The van der Waals surface area contributed by atoms with Crippen LogP contribution in [0.2, 0.25) is 0 Å². The third-order valence-corrected chi connectivity index (χ3v) is 2.89. The average molecular weight is 258 g/mol. The molecular formula is C13H26N2O3. The first kappa shape index (κ1) is 15.2. The lowest BCUT2D eigenvalue weighted by molar-refractivity contribution is 0.0134. The van der Waals surface area contributed by atoms with Crippen LogP contribution in [0.4, 0.5) is 4.79 Å². The fraction of sp³-hybridized carbons (Fsp3) is 0.923. The summed E-state index contributed by atoms with van der Waals surface area (Å²) in [6, 6.07) is 0. The number of aliphatic hydroxyl groups is 1. The first-order chi connectivity index (χ1) is 8.28. The Balaban J connectivity index is 2.28. The van der Waals surface area contributed by atoms with Crippen LogP contribution < -0.4 is 0 Å². The summed E-state index contributed by atoms with van der Waals surface area (Å²) in [6.07, 6.45) is 0.304. The van der Waals surface area contributed by atoms with E-state index in [1.807, 2.05) is 20.8 Å². The van der Waals surface area contributed by atoms with Crippen molar-refractivity contribution < 1.29 is 14.6 Å². The van der Waals surface area contributed by atoms with Crippen molar-refractivity contribution in [3.8, 4) is 0 Å². The summed E-state index contributed by atoms with van der Waals surface area (Å²) in [7, 11) is 0. The van der Waals surface area contributed by atoms with E-state index in [2.05, 4.69) is 4.90 Å². The molecular weight excluding hydrogens is 232 g/mol. The van der Waals surface area contributed by atoms with Gasteiger partial charge in [0.2, 0.25) is 0 Å². The molecule has 0 saturated carbocycles. The Morgan fingerprint density at radius 2 is 1.83 bits per heavy atom. The minimum Gasteiger partial charge on any atom is -0.444 e. The van der Waals surface area contributed by atoms with Gasteiger partial charge in [-0.25, -0.2) is 4.79 Å². The topological polar surface area (TPSA) is 53.0 Å². The summed E-state index contributed by atoms with van der Waals surface area (Å²) in [4.78, 5) is 15.9. The number of nitrogens with zero attached hydrogens (tertiary/aromatic N) is 2. The van der Waals surface area contributed by atoms with E-state index in [4.69, 9.17) is 4.74 Å². The molecule has 1 N–H and O–H groups in total. The van der Waals surface area contributed by atoms with Crippen molar-refractivity contribution in [3.05, 3.63) is 0 Å². The predicted octanol–water partition coefficient (Wildman–Crippen LogP) is 1.31. The van der Waals surface area contributed by atoms with Crippen molar-refractivity contribution in [1.29, 1.82) is 0 Å². The van der Waals surface area contributed by atoms with Crippen molar-refractivity contribution in [1.82, 2.24) is 9.80 Å². The molecule has 0 aliphatic carbocycles. The fourth-order valence-electron chi connectivity index (χ4n) is 1.85. The Kier molecular flexibility index (Phi) is 5.41. The number of carbonyl (C=O) groups excluding carboxylic acids is 1. The first-order valence-corrected chi connectivity index (χ1v) is 6.66. The Labute approximate surface area is 110 Å². The minimum atomic E-state index is -0.430. The first-order valence-electron chi connectivity index (χ1n) is 6.66. The summed E-state index contributed by atoms with van der Waals surface area (Å²) in [5.41, 5.74) is -0.430. The number of hydrogen-bond acceptors (Lipinski definition) is 4. The van der Waals surface area contributed by atoms with Crippen LogP contribution in [0.3, 0.4) is 0 Å². The molecule has 0 bridgehead atoms. The molecule has 1 fully saturated rings. The van der Waals surface area contributed by atoms with Gasteiger partial charge in [-0.3, -0.25) is 4.90 Å². The van der Waals surface area contributed by atoms with Gasteiger partial charge in [0.1, 0.15) is 5.60 Å². The van der Waals surface area contributed by atoms with Crippen LogP contribution in [0, 0.1) is 0 Å². The van der Waals surface area contributed by atoms with Gasteiger partial charge in [0.15, 0.2) is 0 Å². The van der Waals surface area contributed by atoms with E-state index in [-0.39, 0.29) is 12.2 Å². The van der Waals surface area contributed by atoms with Gasteiger partial charge in [0.05, 0.1) is 6.10 Å². The van der Waals surface area contributed by atoms with Crippen LogP contribution in [-0.4, -0.2) is 65.4 Å². The number of carbonyl (C=O) groups is 1. The van der Waals surface area contributed by atoms with E-state index in [9.17, 15) is 9.90 Å².